The van der Waals surface area contributed by atoms with Gasteiger partial charge in [0.05, 0.1) is 0 Å². The van der Waals surface area contributed by atoms with Gasteiger partial charge in [-0.05, 0) is 46.8 Å². The summed E-state index contributed by atoms with van der Waals surface area (Å²) in [5.41, 5.74) is 0. The predicted octanol–water partition coefficient (Wildman–Crippen LogP) is 1.12. The zero-order valence-electron chi connectivity index (χ0n) is 9.92. The Morgan fingerprint density at radius 1 is 0.923 bits per heavy atom. The lowest BCUT2D eigenvalue weighted by atomic mass is 11.3. The second kappa shape index (κ2) is 5.42. The van der Waals surface area contributed by atoms with Gasteiger partial charge in [0, 0.05) is 0 Å². The van der Waals surface area contributed by atoms with E-state index in [0.29, 0.717) is 0 Å². The second-order valence-electron chi connectivity index (χ2n) is 4.13. The van der Waals surface area contributed by atoms with Crippen LogP contribution in [0.4, 0.5) is 0 Å². The number of nitrogens with zero attached hydrogens (tertiary/aromatic N) is 1. The van der Waals surface area contributed by atoms with Crippen LogP contribution in [0.5, 0.6) is 0 Å². The van der Waals surface area contributed by atoms with E-state index >= 15 is 0 Å². The SMILES string of the molecule is CN(C)[Si](C)(O[SiH](C)C)O[SiH](C)C. The van der Waals surface area contributed by atoms with Crippen molar-refractivity contribution < 1.29 is 8.23 Å². The Hall–Kier alpha value is 0.531. The molecule has 0 aromatic heterocycles. The maximum absolute atomic E-state index is 6.03. The van der Waals surface area contributed by atoms with Gasteiger partial charge in [-0.3, -0.25) is 4.57 Å². The fourth-order valence-corrected chi connectivity index (χ4v) is 10.5. The van der Waals surface area contributed by atoms with Gasteiger partial charge in [-0.1, -0.05) is 0 Å². The fraction of sp³-hybridized carbons (Fsp3) is 1.00. The topological polar surface area (TPSA) is 21.7 Å². The Labute approximate surface area is 86.8 Å². The van der Waals surface area contributed by atoms with Crippen LogP contribution in [0.3, 0.4) is 0 Å². The zero-order chi connectivity index (χ0) is 10.6. The highest BCUT2D eigenvalue weighted by Crippen LogP contribution is 2.12. The third-order valence-electron chi connectivity index (χ3n) is 1.72. The van der Waals surface area contributed by atoms with Crippen molar-refractivity contribution in [1.29, 1.82) is 0 Å². The van der Waals surface area contributed by atoms with E-state index in [1.165, 1.54) is 0 Å². The third-order valence-corrected chi connectivity index (χ3v) is 10.6. The van der Waals surface area contributed by atoms with Crippen LogP contribution < -0.4 is 0 Å². The molecule has 3 nitrogen and oxygen atoms in total. The van der Waals surface area contributed by atoms with Crippen molar-refractivity contribution in [3.05, 3.63) is 0 Å². The number of hydrogen-bond acceptors (Lipinski definition) is 3. The van der Waals surface area contributed by atoms with E-state index in [2.05, 4.69) is 51.4 Å². The maximum Gasteiger partial charge on any atom is 0.402 e. The fourth-order valence-electron chi connectivity index (χ4n) is 1.11. The molecule has 0 aliphatic carbocycles. The van der Waals surface area contributed by atoms with Gasteiger partial charge in [-0.25, -0.2) is 0 Å². The average Bonchev–Trinajstić information content (AvgIpc) is 1.82. The van der Waals surface area contributed by atoms with Crippen LogP contribution in [-0.4, -0.2) is 45.5 Å². The van der Waals surface area contributed by atoms with Crippen LogP contribution in [0.1, 0.15) is 0 Å². The summed E-state index contributed by atoms with van der Waals surface area (Å²) < 4.78 is 14.2. The summed E-state index contributed by atoms with van der Waals surface area (Å²) in [6.07, 6.45) is 0. The maximum atomic E-state index is 6.03. The summed E-state index contributed by atoms with van der Waals surface area (Å²) in [6, 6.07) is 0. The average molecular weight is 238 g/mol. The van der Waals surface area contributed by atoms with Gasteiger partial charge in [0.15, 0.2) is 18.1 Å². The number of rotatable bonds is 5. The van der Waals surface area contributed by atoms with Crippen LogP contribution in [0.25, 0.3) is 0 Å². The molecule has 0 aliphatic rings. The first-order valence-electron chi connectivity index (χ1n) is 4.81. The highest BCUT2D eigenvalue weighted by molar-refractivity contribution is 6.77. The van der Waals surface area contributed by atoms with Gasteiger partial charge < -0.3 is 8.23 Å². The van der Waals surface area contributed by atoms with E-state index < -0.39 is 26.8 Å². The van der Waals surface area contributed by atoms with Crippen molar-refractivity contribution in [1.82, 2.24) is 4.57 Å². The van der Waals surface area contributed by atoms with Crippen molar-refractivity contribution in [2.24, 2.45) is 0 Å². The zero-order valence-corrected chi connectivity index (χ0v) is 13.2. The lowest BCUT2D eigenvalue weighted by Crippen LogP contribution is -2.56. The summed E-state index contributed by atoms with van der Waals surface area (Å²) >= 11 is 0. The van der Waals surface area contributed by atoms with Crippen LogP contribution in [0.2, 0.25) is 32.7 Å². The van der Waals surface area contributed by atoms with E-state index in [1.54, 1.807) is 0 Å². The van der Waals surface area contributed by atoms with Gasteiger partial charge in [-0.15, -0.1) is 0 Å². The minimum absolute atomic E-state index is 0.993. The van der Waals surface area contributed by atoms with E-state index in [-0.39, 0.29) is 0 Å². The summed E-state index contributed by atoms with van der Waals surface area (Å²) in [5.74, 6) is 0. The molecule has 0 atom stereocenters. The summed E-state index contributed by atoms with van der Waals surface area (Å²) in [4.78, 5) is 0. The summed E-state index contributed by atoms with van der Waals surface area (Å²) in [5, 5.41) is 0. The highest BCUT2D eigenvalue weighted by Gasteiger charge is 2.36. The van der Waals surface area contributed by atoms with E-state index in [1.807, 2.05) is 0 Å². The molecule has 0 amide bonds. The molecule has 0 bridgehead atoms. The van der Waals surface area contributed by atoms with E-state index in [9.17, 15) is 0 Å². The Morgan fingerprint density at radius 2 is 1.23 bits per heavy atom. The van der Waals surface area contributed by atoms with Gasteiger partial charge in [-0.2, -0.15) is 0 Å². The standard InChI is InChI=1S/C7H23NO2Si3/c1-8(2)13(7,9-11(3)4)10-12(5)6/h11-12H,1-7H3. The van der Waals surface area contributed by atoms with Gasteiger partial charge in [0.25, 0.3) is 0 Å². The molecular formula is C7H23NO2Si3. The first kappa shape index (κ1) is 13.5. The Kier molecular flexibility index (Phi) is 5.64. The monoisotopic (exact) mass is 237 g/mol. The quantitative estimate of drug-likeness (QED) is 0.669. The third kappa shape index (κ3) is 5.09. The molecule has 13 heavy (non-hydrogen) atoms. The van der Waals surface area contributed by atoms with Crippen LogP contribution in [0.15, 0.2) is 0 Å². The van der Waals surface area contributed by atoms with E-state index in [4.69, 9.17) is 8.23 Å². The van der Waals surface area contributed by atoms with E-state index in [0.717, 1.165) is 0 Å². The molecular weight excluding hydrogens is 214 g/mol. The van der Waals surface area contributed by atoms with Gasteiger partial charge in [0.2, 0.25) is 0 Å². The van der Waals surface area contributed by atoms with Gasteiger partial charge in [0.1, 0.15) is 0 Å². The smallest absolute Gasteiger partial charge is 0.402 e. The lowest BCUT2D eigenvalue weighted by Gasteiger charge is -2.36. The number of hydrogen-bond donors (Lipinski definition) is 0. The molecule has 0 unspecified atom stereocenters. The van der Waals surface area contributed by atoms with Crippen molar-refractivity contribution in [3.63, 3.8) is 0 Å². The molecule has 0 saturated carbocycles. The highest BCUT2D eigenvalue weighted by atomic mass is 28.5. The van der Waals surface area contributed by atoms with Crippen molar-refractivity contribution >= 4 is 26.8 Å². The second-order valence-corrected chi connectivity index (χ2v) is 12.9. The molecule has 80 valence electrons. The summed E-state index contributed by atoms with van der Waals surface area (Å²) in [6.45, 7) is 10.9. The minimum Gasteiger partial charge on any atom is -0.428 e. The molecule has 0 N–H and O–H groups in total. The largest absolute Gasteiger partial charge is 0.428 e. The summed E-state index contributed by atoms with van der Waals surface area (Å²) in [7, 11) is 0.128. The Bertz CT molecular complexity index is 143. The van der Waals surface area contributed by atoms with Crippen molar-refractivity contribution in [2.75, 3.05) is 14.1 Å². The van der Waals surface area contributed by atoms with Gasteiger partial charge >= 0.3 is 8.72 Å². The first-order valence-corrected chi connectivity index (χ1v) is 12.6. The molecule has 0 heterocycles. The molecule has 0 saturated heterocycles. The minimum atomic E-state index is -2.00. The van der Waals surface area contributed by atoms with Crippen LogP contribution in [-0.2, 0) is 8.23 Å². The molecule has 0 aromatic rings. The normalized spacial score (nSPS) is 13.4. The predicted molar refractivity (Wildman–Crippen MR) is 65.2 cm³/mol. The molecule has 0 rings (SSSR count). The molecule has 0 aliphatic heterocycles. The molecule has 6 heteroatoms. The molecule has 0 radical (unpaired) electrons. The Balaban J connectivity index is 4.34. The molecule has 0 aromatic carbocycles. The molecule has 0 spiro atoms. The Morgan fingerprint density at radius 3 is 1.38 bits per heavy atom. The van der Waals surface area contributed by atoms with Crippen molar-refractivity contribution in [2.45, 2.75) is 32.7 Å². The van der Waals surface area contributed by atoms with Crippen LogP contribution in [0, 0.1) is 0 Å². The molecule has 0 fully saturated rings. The van der Waals surface area contributed by atoms with Crippen LogP contribution >= 0.6 is 0 Å². The first-order chi connectivity index (χ1) is 5.78. The van der Waals surface area contributed by atoms with Crippen molar-refractivity contribution in [3.8, 4) is 0 Å². The lowest BCUT2D eigenvalue weighted by molar-refractivity contribution is 0.314.